The van der Waals surface area contributed by atoms with E-state index < -0.39 is 10.0 Å². The number of benzene rings is 1. The van der Waals surface area contributed by atoms with Crippen LogP contribution in [0.4, 0.5) is 0 Å². The molecule has 0 unspecified atom stereocenters. The van der Waals surface area contributed by atoms with Crippen molar-refractivity contribution in [3.8, 4) is 0 Å². The highest BCUT2D eigenvalue weighted by atomic mass is 32.2. The zero-order valence-corrected chi connectivity index (χ0v) is 13.6. The van der Waals surface area contributed by atoms with Gasteiger partial charge in [0, 0.05) is 18.9 Å². The fraction of sp³-hybridized carbons (Fsp3) is 0.176. The molecule has 0 fully saturated rings. The minimum absolute atomic E-state index is 0.190. The first-order valence-electron chi connectivity index (χ1n) is 7.25. The van der Waals surface area contributed by atoms with E-state index in [1.807, 2.05) is 29.9 Å². The second-order valence-electron chi connectivity index (χ2n) is 5.28. The molecule has 0 radical (unpaired) electrons. The van der Waals surface area contributed by atoms with Gasteiger partial charge in [-0.25, -0.2) is 8.42 Å². The van der Waals surface area contributed by atoms with Crippen LogP contribution < -0.4 is 0 Å². The highest BCUT2D eigenvalue weighted by Crippen LogP contribution is 2.21. The summed E-state index contributed by atoms with van der Waals surface area (Å²) >= 11 is 0. The molecular weight excluding hydrogens is 312 g/mol. The van der Waals surface area contributed by atoms with Crippen molar-refractivity contribution >= 4 is 10.0 Å². The molecule has 5 nitrogen and oxygen atoms in total. The predicted molar refractivity (Wildman–Crippen MR) is 87.0 cm³/mol. The quantitative estimate of drug-likeness (QED) is 0.698. The van der Waals surface area contributed by atoms with E-state index >= 15 is 0 Å². The van der Waals surface area contributed by atoms with Gasteiger partial charge in [-0.15, -0.1) is 0 Å². The normalized spacial score (nSPS) is 11.9. The Morgan fingerprint density at radius 1 is 1.00 bits per heavy atom. The Hall–Kier alpha value is -2.31. The van der Waals surface area contributed by atoms with E-state index in [1.165, 1.54) is 4.31 Å². The van der Waals surface area contributed by atoms with Crippen LogP contribution >= 0.6 is 0 Å². The number of aromatic nitrogens is 1. The lowest BCUT2D eigenvalue weighted by atomic mass is 10.4. The number of hydrogen-bond donors (Lipinski definition) is 0. The van der Waals surface area contributed by atoms with Crippen LogP contribution in [0.2, 0.25) is 0 Å². The van der Waals surface area contributed by atoms with Crippen molar-refractivity contribution in [3.05, 3.63) is 78.5 Å². The molecule has 0 saturated heterocycles. The maximum atomic E-state index is 13.0. The lowest BCUT2D eigenvalue weighted by molar-refractivity contribution is 0.353. The second-order valence-corrected chi connectivity index (χ2v) is 7.21. The second kappa shape index (κ2) is 6.44. The van der Waals surface area contributed by atoms with E-state index in [9.17, 15) is 8.42 Å². The van der Waals surface area contributed by atoms with Crippen LogP contribution in [0, 0.1) is 0 Å². The summed E-state index contributed by atoms with van der Waals surface area (Å²) in [7, 11) is -1.71. The molecule has 120 valence electrons. The van der Waals surface area contributed by atoms with Crippen molar-refractivity contribution in [2.24, 2.45) is 7.05 Å². The standard InChI is InChI=1S/C17H18N2O3S/c1-18-11-5-7-15(18)13-19(14-16-8-6-12-22-16)23(20,21)17-9-3-2-4-10-17/h2-12H,13-14H2,1H3. The molecule has 3 rings (SSSR count). The maximum absolute atomic E-state index is 13.0. The Balaban J connectivity index is 1.96. The van der Waals surface area contributed by atoms with Crippen LogP contribution in [-0.2, 0) is 30.2 Å². The molecule has 0 amide bonds. The van der Waals surface area contributed by atoms with Gasteiger partial charge in [0.15, 0.2) is 0 Å². The third-order valence-corrected chi connectivity index (χ3v) is 5.49. The van der Waals surface area contributed by atoms with E-state index in [0.717, 1.165) is 5.69 Å². The minimum Gasteiger partial charge on any atom is -0.468 e. The molecule has 0 aliphatic carbocycles. The van der Waals surface area contributed by atoms with Crippen LogP contribution in [0.15, 0.2) is 76.4 Å². The predicted octanol–water partition coefficient (Wildman–Crippen LogP) is 3.01. The van der Waals surface area contributed by atoms with E-state index in [0.29, 0.717) is 5.76 Å². The fourth-order valence-electron chi connectivity index (χ4n) is 2.39. The monoisotopic (exact) mass is 330 g/mol. The summed E-state index contributed by atoms with van der Waals surface area (Å²) < 4.78 is 34.6. The van der Waals surface area contributed by atoms with Gasteiger partial charge in [-0.05, 0) is 36.4 Å². The summed E-state index contributed by atoms with van der Waals surface area (Å²) in [5, 5.41) is 0. The first-order chi connectivity index (χ1) is 11.1. The summed E-state index contributed by atoms with van der Waals surface area (Å²) in [5.74, 6) is 0.610. The minimum atomic E-state index is -3.61. The smallest absolute Gasteiger partial charge is 0.243 e. The van der Waals surface area contributed by atoms with Gasteiger partial charge in [0.2, 0.25) is 10.0 Å². The van der Waals surface area contributed by atoms with E-state index in [4.69, 9.17) is 4.42 Å². The third-order valence-electron chi connectivity index (χ3n) is 3.68. The number of hydrogen-bond acceptors (Lipinski definition) is 3. The van der Waals surface area contributed by atoms with Gasteiger partial charge in [-0.1, -0.05) is 18.2 Å². The molecule has 0 spiro atoms. The van der Waals surface area contributed by atoms with E-state index in [1.54, 1.807) is 48.7 Å². The Morgan fingerprint density at radius 2 is 1.78 bits per heavy atom. The molecule has 3 aromatic rings. The third kappa shape index (κ3) is 3.38. The summed E-state index contributed by atoms with van der Waals surface area (Å²) in [5.41, 5.74) is 0.913. The molecule has 6 heteroatoms. The highest BCUT2D eigenvalue weighted by molar-refractivity contribution is 7.89. The Morgan fingerprint density at radius 3 is 2.39 bits per heavy atom. The average molecular weight is 330 g/mol. The number of sulfonamides is 1. The summed E-state index contributed by atoms with van der Waals surface area (Å²) in [6.07, 6.45) is 3.45. The van der Waals surface area contributed by atoms with Gasteiger partial charge >= 0.3 is 0 Å². The molecule has 0 saturated carbocycles. The van der Waals surface area contributed by atoms with Gasteiger partial charge in [-0.2, -0.15) is 4.31 Å². The van der Waals surface area contributed by atoms with Crippen molar-refractivity contribution < 1.29 is 12.8 Å². The molecule has 1 aromatic carbocycles. The highest BCUT2D eigenvalue weighted by Gasteiger charge is 2.26. The van der Waals surface area contributed by atoms with Crippen LogP contribution in [0.3, 0.4) is 0 Å². The Bertz CT molecular complexity index is 852. The summed E-state index contributed by atoms with van der Waals surface area (Å²) in [6, 6.07) is 15.8. The van der Waals surface area contributed by atoms with Gasteiger partial charge < -0.3 is 8.98 Å². The zero-order valence-electron chi connectivity index (χ0n) is 12.8. The summed E-state index contributed by atoms with van der Waals surface area (Å²) in [6.45, 7) is 0.469. The van der Waals surface area contributed by atoms with Crippen molar-refractivity contribution in [1.29, 1.82) is 0 Å². The number of furan rings is 1. The van der Waals surface area contributed by atoms with E-state index in [-0.39, 0.29) is 18.0 Å². The number of nitrogens with zero attached hydrogens (tertiary/aromatic N) is 2. The SMILES string of the molecule is Cn1cccc1CN(Cc1ccco1)S(=O)(=O)c1ccccc1. The first kappa shape index (κ1) is 15.6. The lowest BCUT2D eigenvalue weighted by Crippen LogP contribution is -2.30. The molecule has 0 N–H and O–H groups in total. The molecule has 0 aliphatic rings. The molecule has 0 bridgehead atoms. The molecular formula is C17H18N2O3S. The van der Waals surface area contributed by atoms with Crippen LogP contribution in [0.25, 0.3) is 0 Å². The molecule has 0 aliphatic heterocycles. The Labute approximate surface area is 135 Å². The van der Waals surface area contributed by atoms with Crippen LogP contribution in [0.1, 0.15) is 11.5 Å². The van der Waals surface area contributed by atoms with Gasteiger partial charge in [0.25, 0.3) is 0 Å². The largest absolute Gasteiger partial charge is 0.468 e. The maximum Gasteiger partial charge on any atom is 0.243 e. The number of rotatable bonds is 6. The average Bonchev–Trinajstić information content (AvgIpc) is 3.20. The summed E-state index contributed by atoms with van der Waals surface area (Å²) in [4.78, 5) is 0.278. The Kier molecular flexibility index (Phi) is 4.36. The van der Waals surface area contributed by atoms with Gasteiger partial charge in [0.1, 0.15) is 5.76 Å². The van der Waals surface area contributed by atoms with Crippen molar-refractivity contribution in [2.75, 3.05) is 0 Å². The van der Waals surface area contributed by atoms with Gasteiger partial charge in [-0.3, -0.25) is 0 Å². The first-order valence-corrected chi connectivity index (χ1v) is 8.69. The molecule has 2 aromatic heterocycles. The van der Waals surface area contributed by atoms with Gasteiger partial charge in [0.05, 0.1) is 24.2 Å². The van der Waals surface area contributed by atoms with Crippen LogP contribution in [0.5, 0.6) is 0 Å². The lowest BCUT2D eigenvalue weighted by Gasteiger charge is -2.21. The van der Waals surface area contributed by atoms with Crippen molar-refractivity contribution in [1.82, 2.24) is 8.87 Å². The molecule has 23 heavy (non-hydrogen) atoms. The molecule has 2 heterocycles. The number of aryl methyl sites for hydroxylation is 1. The van der Waals surface area contributed by atoms with Crippen molar-refractivity contribution in [3.63, 3.8) is 0 Å². The van der Waals surface area contributed by atoms with E-state index in [2.05, 4.69) is 0 Å². The zero-order chi connectivity index (χ0) is 16.3. The topological polar surface area (TPSA) is 55.5 Å². The molecule has 0 atom stereocenters. The van der Waals surface area contributed by atoms with Crippen LogP contribution in [-0.4, -0.2) is 17.3 Å². The van der Waals surface area contributed by atoms with Crippen molar-refractivity contribution in [2.45, 2.75) is 18.0 Å². The fourth-order valence-corrected chi connectivity index (χ4v) is 3.78.